The predicted molar refractivity (Wildman–Crippen MR) is 69.3 cm³/mol. The van der Waals surface area contributed by atoms with Crippen LogP contribution in [0.4, 0.5) is 0 Å². The molecule has 2 aromatic rings. The molecule has 0 amide bonds. The van der Waals surface area contributed by atoms with E-state index in [1.165, 1.54) is 6.42 Å². The second kappa shape index (κ2) is 4.90. The van der Waals surface area contributed by atoms with Crippen molar-refractivity contribution in [3.8, 4) is 11.5 Å². The number of nitrogens with one attached hydrogen (secondary N) is 1. The molecule has 4 heteroatoms. The van der Waals surface area contributed by atoms with Gasteiger partial charge in [0.25, 0.3) is 0 Å². The lowest BCUT2D eigenvalue weighted by atomic mass is 9.99. The molecule has 1 N–H and O–H groups in total. The summed E-state index contributed by atoms with van der Waals surface area (Å²) in [5, 5.41) is 3.39. The van der Waals surface area contributed by atoms with Gasteiger partial charge in [0.15, 0.2) is 5.76 Å². The largest absolute Gasteiger partial charge is 0.460 e. The molecule has 0 saturated carbocycles. The van der Waals surface area contributed by atoms with E-state index in [1.807, 2.05) is 31.3 Å². The van der Waals surface area contributed by atoms with E-state index < -0.39 is 0 Å². The van der Waals surface area contributed by atoms with Crippen LogP contribution in [0.3, 0.4) is 0 Å². The third kappa shape index (κ3) is 2.29. The Morgan fingerprint density at radius 1 is 1.33 bits per heavy atom. The molecular weight excluding hydrogens is 226 g/mol. The Balaban J connectivity index is 1.88. The van der Waals surface area contributed by atoms with Gasteiger partial charge in [-0.2, -0.15) is 0 Å². The summed E-state index contributed by atoms with van der Waals surface area (Å²) in [5.74, 6) is 3.08. The summed E-state index contributed by atoms with van der Waals surface area (Å²) in [7, 11) is 0. The second-order valence-electron chi connectivity index (χ2n) is 4.75. The second-order valence-corrected chi connectivity index (χ2v) is 4.75. The SMILES string of the molecule is Cc1ccc(-c2ccnc(C3CCCNC3)n2)o1. The molecule has 1 fully saturated rings. The fourth-order valence-electron chi connectivity index (χ4n) is 2.35. The zero-order valence-electron chi connectivity index (χ0n) is 10.5. The Kier molecular flexibility index (Phi) is 3.11. The van der Waals surface area contributed by atoms with Crippen molar-refractivity contribution in [1.82, 2.24) is 15.3 Å². The fraction of sp³-hybridized carbons (Fsp3) is 0.429. The Hall–Kier alpha value is -1.68. The highest BCUT2D eigenvalue weighted by molar-refractivity contribution is 5.51. The Labute approximate surface area is 106 Å². The lowest BCUT2D eigenvalue weighted by Gasteiger charge is -2.21. The summed E-state index contributed by atoms with van der Waals surface area (Å²) in [6, 6.07) is 5.82. The first-order chi connectivity index (χ1) is 8.83. The van der Waals surface area contributed by atoms with Crippen molar-refractivity contribution in [2.24, 2.45) is 0 Å². The molecule has 1 aliphatic rings. The molecule has 0 aliphatic carbocycles. The van der Waals surface area contributed by atoms with E-state index in [4.69, 9.17) is 4.42 Å². The minimum atomic E-state index is 0.426. The van der Waals surface area contributed by atoms with Crippen LogP contribution in [-0.4, -0.2) is 23.1 Å². The summed E-state index contributed by atoms with van der Waals surface area (Å²) >= 11 is 0. The molecule has 0 aromatic carbocycles. The molecule has 94 valence electrons. The van der Waals surface area contributed by atoms with E-state index in [9.17, 15) is 0 Å². The number of hydrogen-bond donors (Lipinski definition) is 1. The summed E-state index contributed by atoms with van der Waals surface area (Å²) in [6.45, 7) is 4.02. The van der Waals surface area contributed by atoms with Crippen molar-refractivity contribution < 1.29 is 4.42 Å². The monoisotopic (exact) mass is 243 g/mol. The van der Waals surface area contributed by atoms with Gasteiger partial charge >= 0.3 is 0 Å². The average molecular weight is 243 g/mol. The van der Waals surface area contributed by atoms with Gasteiger partial charge < -0.3 is 9.73 Å². The average Bonchev–Trinajstić information content (AvgIpc) is 2.87. The van der Waals surface area contributed by atoms with Crippen molar-refractivity contribution in [3.63, 3.8) is 0 Å². The van der Waals surface area contributed by atoms with E-state index in [1.54, 1.807) is 0 Å². The van der Waals surface area contributed by atoms with Gasteiger partial charge in [-0.3, -0.25) is 0 Å². The zero-order valence-corrected chi connectivity index (χ0v) is 10.5. The molecule has 0 spiro atoms. The van der Waals surface area contributed by atoms with Gasteiger partial charge in [-0.15, -0.1) is 0 Å². The third-order valence-electron chi connectivity index (χ3n) is 3.33. The Morgan fingerprint density at radius 2 is 2.28 bits per heavy atom. The number of hydrogen-bond acceptors (Lipinski definition) is 4. The molecule has 18 heavy (non-hydrogen) atoms. The maximum atomic E-state index is 5.61. The minimum absolute atomic E-state index is 0.426. The van der Waals surface area contributed by atoms with Crippen molar-refractivity contribution >= 4 is 0 Å². The molecule has 3 rings (SSSR count). The van der Waals surface area contributed by atoms with Crippen LogP contribution in [0.2, 0.25) is 0 Å². The zero-order chi connectivity index (χ0) is 12.4. The predicted octanol–water partition coefficient (Wildman–Crippen LogP) is 2.51. The highest BCUT2D eigenvalue weighted by Gasteiger charge is 2.18. The standard InChI is InChI=1S/C14H17N3O/c1-10-4-5-13(18-10)12-6-8-16-14(17-12)11-3-2-7-15-9-11/h4-6,8,11,15H,2-3,7,9H2,1H3. The molecular formula is C14H17N3O. The number of aryl methyl sites for hydroxylation is 1. The molecule has 0 radical (unpaired) electrons. The first-order valence-electron chi connectivity index (χ1n) is 6.43. The molecule has 1 unspecified atom stereocenters. The van der Waals surface area contributed by atoms with Gasteiger partial charge in [-0.1, -0.05) is 0 Å². The number of furan rings is 1. The van der Waals surface area contributed by atoms with E-state index >= 15 is 0 Å². The summed E-state index contributed by atoms with van der Waals surface area (Å²) < 4.78 is 5.61. The first kappa shape index (κ1) is 11.4. The van der Waals surface area contributed by atoms with Crippen LogP contribution < -0.4 is 5.32 Å². The summed E-state index contributed by atoms with van der Waals surface area (Å²) in [5.41, 5.74) is 0.874. The van der Waals surface area contributed by atoms with Gasteiger partial charge in [-0.25, -0.2) is 9.97 Å². The smallest absolute Gasteiger partial charge is 0.152 e. The fourth-order valence-corrected chi connectivity index (χ4v) is 2.35. The van der Waals surface area contributed by atoms with E-state index in [0.29, 0.717) is 5.92 Å². The molecule has 4 nitrogen and oxygen atoms in total. The maximum Gasteiger partial charge on any atom is 0.152 e. The van der Waals surface area contributed by atoms with Crippen LogP contribution in [-0.2, 0) is 0 Å². The van der Waals surface area contributed by atoms with Crippen molar-refractivity contribution in [2.75, 3.05) is 13.1 Å². The van der Waals surface area contributed by atoms with Crippen LogP contribution in [0.5, 0.6) is 0 Å². The van der Waals surface area contributed by atoms with Crippen molar-refractivity contribution in [2.45, 2.75) is 25.7 Å². The minimum Gasteiger partial charge on any atom is -0.460 e. The molecule has 1 aliphatic heterocycles. The van der Waals surface area contributed by atoms with Gasteiger partial charge in [0, 0.05) is 18.7 Å². The Morgan fingerprint density at radius 3 is 3.00 bits per heavy atom. The molecule has 2 aromatic heterocycles. The number of aromatic nitrogens is 2. The maximum absolute atomic E-state index is 5.61. The van der Waals surface area contributed by atoms with Crippen LogP contribution in [0.1, 0.15) is 30.3 Å². The van der Waals surface area contributed by atoms with Crippen LogP contribution in [0.25, 0.3) is 11.5 Å². The Bertz CT molecular complexity index is 529. The highest BCUT2D eigenvalue weighted by Crippen LogP contribution is 2.24. The van der Waals surface area contributed by atoms with Crippen molar-refractivity contribution in [1.29, 1.82) is 0 Å². The van der Waals surface area contributed by atoms with Gasteiger partial charge in [-0.05, 0) is 44.5 Å². The lowest BCUT2D eigenvalue weighted by Crippen LogP contribution is -2.29. The highest BCUT2D eigenvalue weighted by atomic mass is 16.3. The topological polar surface area (TPSA) is 51.0 Å². The molecule has 1 atom stereocenters. The van der Waals surface area contributed by atoms with E-state index in [0.717, 1.165) is 42.5 Å². The lowest BCUT2D eigenvalue weighted by molar-refractivity contribution is 0.446. The number of piperidine rings is 1. The molecule has 1 saturated heterocycles. The van der Waals surface area contributed by atoms with E-state index in [2.05, 4.69) is 15.3 Å². The number of nitrogens with zero attached hydrogens (tertiary/aromatic N) is 2. The van der Waals surface area contributed by atoms with Gasteiger partial charge in [0.1, 0.15) is 17.3 Å². The number of rotatable bonds is 2. The quantitative estimate of drug-likeness (QED) is 0.880. The first-order valence-corrected chi connectivity index (χ1v) is 6.43. The normalized spacial score (nSPS) is 19.9. The van der Waals surface area contributed by atoms with Crippen LogP contribution in [0, 0.1) is 6.92 Å². The third-order valence-corrected chi connectivity index (χ3v) is 3.33. The van der Waals surface area contributed by atoms with Gasteiger partial charge in [0.05, 0.1) is 0 Å². The van der Waals surface area contributed by atoms with E-state index in [-0.39, 0.29) is 0 Å². The summed E-state index contributed by atoms with van der Waals surface area (Å²) in [6.07, 6.45) is 4.18. The summed E-state index contributed by atoms with van der Waals surface area (Å²) in [4.78, 5) is 9.04. The van der Waals surface area contributed by atoms with Crippen LogP contribution in [0.15, 0.2) is 28.8 Å². The van der Waals surface area contributed by atoms with Crippen molar-refractivity contribution in [3.05, 3.63) is 36.0 Å². The van der Waals surface area contributed by atoms with Crippen LogP contribution >= 0.6 is 0 Å². The van der Waals surface area contributed by atoms with Gasteiger partial charge in [0.2, 0.25) is 0 Å². The molecule has 3 heterocycles. The molecule has 0 bridgehead atoms.